The maximum absolute atomic E-state index is 12.6. The van der Waals surface area contributed by atoms with Crippen molar-refractivity contribution >= 4 is 17.6 Å². The number of esters is 1. The Hall–Kier alpha value is -2.08. The van der Waals surface area contributed by atoms with Crippen molar-refractivity contribution in [2.75, 3.05) is 26.1 Å². The lowest BCUT2D eigenvalue weighted by molar-refractivity contribution is -0.138. The summed E-state index contributed by atoms with van der Waals surface area (Å²) in [6.07, 6.45) is 3.86. The number of carbonyl (C=O) groups excluding carboxylic acids is 2. The standard InChI is InChI=1S/C19H27NO5/c1-5-6-11-25-16-10-9-14(12-15(16)17(21)23-3)20-18(22)19(2,24-4)13-7-8-13/h9-10,12-13H,5-8,11H2,1-4H3,(H,20,22)/t19-/m1/s1. The van der Waals surface area contributed by atoms with Crippen molar-refractivity contribution in [3.63, 3.8) is 0 Å². The number of ether oxygens (including phenoxy) is 3. The number of unbranched alkanes of at least 4 members (excludes halogenated alkanes) is 1. The van der Waals surface area contributed by atoms with E-state index in [1.165, 1.54) is 7.11 Å². The number of rotatable bonds is 9. The van der Waals surface area contributed by atoms with Crippen molar-refractivity contribution in [1.29, 1.82) is 0 Å². The van der Waals surface area contributed by atoms with Gasteiger partial charge in [-0.25, -0.2) is 4.79 Å². The molecule has 25 heavy (non-hydrogen) atoms. The maximum atomic E-state index is 12.6. The van der Waals surface area contributed by atoms with Crippen LogP contribution in [0.5, 0.6) is 5.75 Å². The van der Waals surface area contributed by atoms with E-state index in [1.54, 1.807) is 32.2 Å². The third kappa shape index (κ3) is 4.51. The summed E-state index contributed by atoms with van der Waals surface area (Å²) >= 11 is 0. The molecule has 1 N–H and O–H groups in total. The van der Waals surface area contributed by atoms with E-state index in [9.17, 15) is 9.59 Å². The van der Waals surface area contributed by atoms with Crippen molar-refractivity contribution < 1.29 is 23.8 Å². The van der Waals surface area contributed by atoms with Crippen LogP contribution in [-0.4, -0.2) is 38.3 Å². The maximum Gasteiger partial charge on any atom is 0.341 e. The van der Waals surface area contributed by atoms with Gasteiger partial charge in [0.15, 0.2) is 0 Å². The van der Waals surface area contributed by atoms with Gasteiger partial charge in [-0.3, -0.25) is 4.79 Å². The van der Waals surface area contributed by atoms with Gasteiger partial charge in [-0.1, -0.05) is 13.3 Å². The summed E-state index contributed by atoms with van der Waals surface area (Å²) in [5.41, 5.74) is -0.0547. The lowest BCUT2D eigenvalue weighted by Gasteiger charge is -2.26. The van der Waals surface area contributed by atoms with Gasteiger partial charge in [0.25, 0.3) is 5.91 Å². The van der Waals surface area contributed by atoms with Crippen LogP contribution in [0.3, 0.4) is 0 Å². The van der Waals surface area contributed by atoms with Crippen molar-refractivity contribution in [3.8, 4) is 5.75 Å². The van der Waals surface area contributed by atoms with Crippen LogP contribution < -0.4 is 10.1 Å². The molecule has 1 atom stereocenters. The van der Waals surface area contributed by atoms with Gasteiger partial charge in [-0.2, -0.15) is 0 Å². The molecule has 0 saturated heterocycles. The minimum absolute atomic E-state index is 0.215. The van der Waals surface area contributed by atoms with E-state index in [1.807, 2.05) is 0 Å². The van der Waals surface area contributed by atoms with Crippen LogP contribution >= 0.6 is 0 Å². The highest BCUT2D eigenvalue weighted by atomic mass is 16.5. The van der Waals surface area contributed by atoms with Crippen molar-refractivity contribution in [2.45, 2.75) is 45.1 Å². The number of hydrogen-bond donors (Lipinski definition) is 1. The second-order valence-electron chi connectivity index (χ2n) is 6.44. The topological polar surface area (TPSA) is 73.9 Å². The Morgan fingerprint density at radius 2 is 2.00 bits per heavy atom. The first-order valence-corrected chi connectivity index (χ1v) is 8.68. The monoisotopic (exact) mass is 349 g/mol. The lowest BCUT2D eigenvalue weighted by Crippen LogP contribution is -2.44. The minimum atomic E-state index is -0.859. The highest BCUT2D eigenvalue weighted by Crippen LogP contribution is 2.42. The summed E-state index contributed by atoms with van der Waals surface area (Å²) in [6, 6.07) is 4.97. The predicted molar refractivity (Wildman–Crippen MR) is 95.0 cm³/mol. The second-order valence-corrected chi connectivity index (χ2v) is 6.44. The summed E-state index contributed by atoms with van der Waals surface area (Å²) in [4.78, 5) is 24.6. The van der Waals surface area contributed by atoms with Crippen molar-refractivity contribution in [2.24, 2.45) is 5.92 Å². The van der Waals surface area contributed by atoms with Crippen LogP contribution in [0.15, 0.2) is 18.2 Å². The summed E-state index contributed by atoms with van der Waals surface area (Å²) in [6.45, 7) is 4.38. The van der Waals surface area contributed by atoms with Gasteiger partial charge in [0, 0.05) is 12.8 Å². The zero-order chi connectivity index (χ0) is 18.4. The molecule has 0 bridgehead atoms. The van der Waals surface area contributed by atoms with Crippen LogP contribution in [0.4, 0.5) is 5.69 Å². The molecule has 0 heterocycles. The normalized spacial score (nSPS) is 16.0. The van der Waals surface area contributed by atoms with Crippen LogP contribution in [0.2, 0.25) is 0 Å². The Labute approximate surface area is 148 Å². The van der Waals surface area contributed by atoms with Crippen LogP contribution in [0, 0.1) is 5.92 Å². The molecule has 0 aliphatic heterocycles. The van der Waals surface area contributed by atoms with Crippen LogP contribution in [-0.2, 0) is 14.3 Å². The molecule has 0 spiro atoms. The quantitative estimate of drug-likeness (QED) is 0.546. The molecule has 1 amide bonds. The smallest absolute Gasteiger partial charge is 0.341 e. The third-order valence-corrected chi connectivity index (χ3v) is 4.63. The van der Waals surface area contributed by atoms with E-state index in [0.717, 1.165) is 25.7 Å². The number of benzene rings is 1. The van der Waals surface area contributed by atoms with E-state index in [-0.39, 0.29) is 11.8 Å². The molecule has 1 aromatic carbocycles. The summed E-state index contributed by atoms with van der Waals surface area (Å²) < 4.78 is 15.9. The fourth-order valence-corrected chi connectivity index (χ4v) is 2.66. The van der Waals surface area contributed by atoms with Gasteiger partial charge < -0.3 is 19.5 Å². The molecule has 138 valence electrons. The molecule has 1 aliphatic carbocycles. The average molecular weight is 349 g/mol. The number of amides is 1. The lowest BCUT2D eigenvalue weighted by atomic mass is 9.99. The second kappa shape index (κ2) is 8.34. The zero-order valence-electron chi connectivity index (χ0n) is 15.4. The van der Waals surface area contributed by atoms with E-state index in [2.05, 4.69) is 12.2 Å². The zero-order valence-corrected chi connectivity index (χ0v) is 15.4. The number of methoxy groups -OCH3 is 2. The Morgan fingerprint density at radius 1 is 1.28 bits per heavy atom. The molecule has 2 rings (SSSR count). The first-order valence-electron chi connectivity index (χ1n) is 8.68. The molecule has 1 fully saturated rings. The van der Waals surface area contributed by atoms with Crippen LogP contribution in [0.1, 0.15) is 49.9 Å². The summed E-state index contributed by atoms with van der Waals surface area (Å²) in [5.74, 6) is -0.0310. The van der Waals surface area contributed by atoms with Gasteiger partial charge in [0.1, 0.15) is 16.9 Å². The molecule has 1 saturated carbocycles. The van der Waals surface area contributed by atoms with E-state index < -0.39 is 11.6 Å². The number of carbonyl (C=O) groups is 2. The van der Waals surface area contributed by atoms with Gasteiger partial charge in [-0.15, -0.1) is 0 Å². The first kappa shape index (κ1) is 19.2. The SMILES string of the molecule is CCCCOc1ccc(NC(=O)[C@](C)(OC)C2CC2)cc1C(=O)OC. The van der Waals surface area contributed by atoms with Gasteiger partial charge >= 0.3 is 5.97 Å². The van der Waals surface area contributed by atoms with E-state index >= 15 is 0 Å². The third-order valence-electron chi connectivity index (χ3n) is 4.63. The number of hydrogen-bond acceptors (Lipinski definition) is 5. The Balaban J connectivity index is 2.18. The van der Waals surface area contributed by atoms with Gasteiger partial charge in [-0.05, 0) is 50.3 Å². The van der Waals surface area contributed by atoms with E-state index in [0.29, 0.717) is 23.6 Å². The first-order chi connectivity index (χ1) is 12.0. The summed E-state index contributed by atoms with van der Waals surface area (Å²) in [7, 11) is 2.86. The highest BCUT2D eigenvalue weighted by Gasteiger charge is 2.47. The molecular weight excluding hydrogens is 322 g/mol. The summed E-state index contributed by atoms with van der Waals surface area (Å²) in [5, 5.41) is 2.84. The molecule has 1 aromatic rings. The van der Waals surface area contributed by atoms with Crippen molar-refractivity contribution in [3.05, 3.63) is 23.8 Å². The van der Waals surface area contributed by atoms with Gasteiger partial charge in [0.05, 0.1) is 13.7 Å². The molecule has 6 nitrogen and oxygen atoms in total. The molecule has 0 unspecified atom stereocenters. The largest absolute Gasteiger partial charge is 0.493 e. The predicted octanol–water partition coefficient (Wildman–Crippen LogP) is 3.41. The minimum Gasteiger partial charge on any atom is -0.493 e. The molecule has 0 radical (unpaired) electrons. The fraction of sp³-hybridized carbons (Fsp3) is 0.579. The highest BCUT2D eigenvalue weighted by molar-refractivity contribution is 5.99. The molecule has 6 heteroatoms. The Bertz CT molecular complexity index is 626. The Morgan fingerprint density at radius 3 is 2.56 bits per heavy atom. The molecule has 0 aromatic heterocycles. The average Bonchev–Trinajstić information content (AvgIpc) is 3.47. The van der Waals surface area contributed by atoms with Crippen molar-refractivity contribution in [1.82, 2.24) is 0 Å². The number of nitrogens with one attached hydrogen (secondary N) is 1. The molecule has 1 aliphatic rings. The Kier molecular flexibility index (Phi) is 6.42. The number of anilines is 1. The van der Waals surface area contributed by atoms with Crippen LogP contribution in [0.25, 0.3) is 0 Å². The van der Waals surface area contributed by atoms with E-state index in [4.69, 9.17) is 14.2 Å². The molecular formula is C19H27NO5. The van der Waals surface area contributed by atoms with Gasteiger partial charge in [0.2, 0.25) is 0 Å². The fourth-order valence-electron chi connectivity index (χ4n) is 2.66.